The van der Waals surface area contributed by atoms with E-state index in [-0.39, 0.29) is 35.1 Å². The molecule has 0 spiro atoms. The first-order valence-electron chi connectivity index (χ1n) is 8.32. The van der Waals surface area contributed by atoms with Crippen LogP contribution in [-0.4, -0.2) is 47.2 Å². The predicted octanol–water partition coefficient (Wildman–Crippen LogP) is 2.59. The predicted molar refractivity (Wildman–Crippen MR) is 106 cm³/mol. The molecule has 2 aliphatic heterocycles. The van der Waals surface area contributed by atoms with Gasteiger partial charge < -0.3 is 4.90 Å². The Bertz CT molecular complexity index is 924. The molecular formula is C18H18N2O3S3. The van der Waals surface area contributed by atoms with E-state index in [1.807, 2.05) is 52.7 Å². The zero-order valence-corrected chi connectivity index (χ0v) is 16.4. The van der Waals surface area contributed by atoms with Crippen molar-refractivity contribution in [2.45, 2.75) is 24.3 Å². The van der Waals surface area contributed by atoms with Gasteiger partial charge in [-0.25, -0.2) is 8.42 Å². The molecule has 0 N–H and O–H groups in total. The van der Waals surface area contributed by atoms with Gasteiger partial charge in [0.25, 0.3) is 5.91 Å². The van der Waals surface area contributed by atoms with Crippen molar-refractivity contribution in [2.75, 3.05) is 11.5 Å². The van der Waals surface area contributed by atoms with Crippen LogP contribution in [0.3, 0.4) is 0 Å². The molecule has 1 aromatic carbocycles. The van der Waals surface area contributed by atoms with Crippen LogP contribution in [0.15, 0.2) is 52.8 Å². The average molecular weight is 407 g/mol. The fraction of sp³-hybridized carbons (Fsp3) is 0.333. The molecule has 3 heterocycles. The van der Waals surface area contributed by atoms with Gasteiger partial charge in [-0.05, 0) is 17.0 Å². The number of hydrogen-bond donors (Lipinski definition) is 0. The fourth-order valence-corrected chi connectivity index (χ4v) is 7.97. The van der Waals surface area contributed by atoms with Crippen LogP contribution in [0.5, 0.6) is 0 Å². The summed E-state index contributed by atoms with van der Waals surface area (Å²) in [4.78, 5) is 19.7. The Morgan fingerprint density at radius 1 is 1.15 bits per heavy atom. The Labute approximate surface area is 161 Å². The summed E-state index contributed by atoms with van der Waals surface area (Å²) in [5, 5.41) is 2.55. The van der Waals surface area contributed by atoms with Crippen molar-refractivity contribution in [1.82, 2.24) is 4.90 Å². The Morgan fingerprint density at radius 3 is 2.69 bits per heavy atom. The number of rotatable bonds is 4. The summed E-state index contributed by atoms with van der Waals surface area (Å²) >= 11 is 2.97. The van der Waals surface area contributed by atoms with Crippen LogP contribution < -0.4 is 0 Å². The highest BCUT2D eigenvalue weighted by atomic mass is 32.2. The number of thiophene rings is 1. The number of fused-ring (bicyclic) bond motifs is 1. The van der Waals surface area contributed by atoms with E-state index in [4.69, 9.17) is 0 Å². The summed E-state index contributed by atoms with van der Waals surface area (Å²) in [5.41, 5.74) is 1.08. The van der Waals surface area contributed by atoms with E-state index >= 15 is 0 Å². The van der Waals surface area contributed by atoms with Gasteiger partial charge in [0.15, 0.2) is 15.0 Å². The minimum absolute atomic E-state index is 0.0444. The van der Waals surface area contributed by atoms with Gasteiger partial charge in [0.1, 0.15) is 0 Å². The molecule has 26 heavy (non-hydrogen) atoms. The summed E-state index contributed by atoms with van der Waals surface area (Å²) in [5.74, 6) is 0.109. The Morgan fingerprint density at radius 2 is 1.96 bits per heavy atom. The van der Waals surface area contributed by atoms with Crippen LogP contribution in [0, 0.1) is 0 Å². The highest BCUT2D eigenvalue weighted by molar-refractivity contribution is 8.15. The summed E-state index contributed by atoms with van der Waals surface area (Å²) in [6.45, 7) is 0.565. The van der Waals surface area contributed by atoms with E-state index < -0.39 is 9.84 Å². The fourth-order valence-electron chi connectivity index (χ4n) is 3.31. The zero-order valence-electron chi connectivity index (χ0n) is 13.9. The van der Waals surface area contributed by atoms with E-state index in [1.54, 1.807) is 0 Å². The molecule has 5 nitrogen and oxygen atoms in total. The molecule has 0 bridgehead atoms. The molecule has 0 unspecified atom stereocenters. The number of hydrogen-bond acceptors (Lipinski definition) is 5. The van der Waals surface area contributed by atoms with Crippen LogP contribution in [0.2, 0.25) is 0 Å². The van der Waals surface area contributed by atoms with Gasteiger partial charge >= 0.3 is 0 Å². The van der Waals surface area contributed by atoms with Crippen molar-refractivity contribution < 1.29 is 13.2 Å². The van der Waals surface area contributed by atoms with Crippen LogP contribution in [0.4, 0.5) is 0 Å². The Kier molecular flexibility index (Phi) is 4.90. The number of nitrogens with zero attached hydrogens (tertiary/aromatic N) is 2. The smallest absolute Gasteiger partial charge is 0.253 e. The number of sulfone groups is 1. The number of benzene rings is 1. The number of aliphatic imine (C=N–C) groups is 1. The molecule has 1 aromatic heterocycles. The molecule has 2 aliphatic rings. The lowest BCUT2D eigenvalue weighted by molar-refractivity contribution is -0.117. The molecule has 0 saturated carbocycles. The largest absolute Gasteiger partial charge is 0.342 e. The van der Waals surface area contributed by atoms with E-state index in [0.717, 1.165) is 10.4 Å². The third-order valence-corrected chi connectivity index (χ3v) is 8.62. The Hall–Kier alpha value is -1.64. The van der Waals surface area contributed by atoms with E-state index in [0.29, 0.717) is 11.7 Å². The first-order valence-corrected chi connectivity index (χ1v) is 11.9. The number of amides is 1. The molecule has 4 rings (SSSR count). The lowest BCUT2D eigenvalue weighted by Crippen LogP contribution is -2.37. The molecule has 2 saturated heterocycles. The highest BCUT2D eigenvalue weighted by Gasteiger charge is 2.48. The van der Waals surface area contributed by atoms with Gasteiger partial charge in [0, 0.05) is 16.7 Å². The summed E-state index contributed by atoms with van der Waals surface area (Å²) < 4.78 is 24.1. The molecule has 136 valence electrons. The second-order valence-electron chi connectivity index (χ2n) is 6.46. The van der Waals surface area contributed by atoms with Crippen molar-refractivity contribution >= 4 is 44.0 Å². The first kappa shape index (κ1) is 17.8. The van der Waals surface area contributed by atoms with Gasteiger partial charge in [-0.3, -0.25) is 4.79 Å². The summed E-state index contributed by atoms with van der Waals surface area (Å²) in [6.07, 6.45) is 0.286. The standard InChI is InChI=1S/C18H18N2O3S3/c21-17(9-14-7-4-8-24-14)19-18-20(10-13-5-2-1-3-6-13)15-11-26(22,23)12-16(15)25-18/h1-8,15-16H,9-12H2/t15-,16-/m1/s1. The molecule has 1 amide bonds. The monoisotopic (exact) mass is 406 g/mol. The first-order chi connectivity index (χ1) is 12.5. The normalized spacial score (nSPS) is 25.5. The van der Waals surface area contributed by atoms with Crippen LogP contribution >= 0.6 is 23.1 Å². The van der Waals surface area contributed by atoms with Crippen molar-refractivity contribution in [3.63, 3.8) is 0 Å². The van der Waals surface area contributed by atoms with Gasteiger partial charge in [-0.15, -0.1) is 11.3 Å². The molecule has 8 heteroatoms. The third-order valence-electron chi connectivity index (χ3n) is 4.50. The lowest BCUT2D eigenvalue weighted by atomic mass is 10.1. The summed E-state index contributed by atoms with van der Waals surface area (Å²) in [7, 11) is -3.02. The maximum Gasteiger partial charge on any atom is 0.253 e. The Balaban J connectivity index is 1.58. The number of thioether (sulfide) groups is 1. The minimum atomic E-state index is -3.02. The maximum absolute atomic E-state index is 12.4. The molecule has 0 aliphatic carbocycles. The SMILES string of the molecule is O=C(Cc1cccs1)N=C1S[C@@H]2CS(=O)(=O)C[C@H]2N1Cc1ccccc1. The summed E-state index contributed by atoms with van der Waals surface area (Å²) in [6, 6.07) is 13.6. The van der Waals surface area contributed by atoms with Gasteiger partial charge in [-0.2, -0.15) is 4.99 Å². The van der Waals surface area contributed by atoms with Crippen LogP contribution in [0.1, 0.15) is 10.4 Å². The van der Waals surface area contributed by atoms with Gasteiger partial charge in [0.05, 0.1) is 24.0 Å². The second kappa shape index (κ2) is 7.17. The van der Waals surface area contributed by atoms with Gasteiger partial charge in [0.2, 0.25) is 0 Å². The third kappa shape index (κ3) is 3.87. The van der Waals surface area contributed by atoms with E-state index in [2.05, 4.69) is 4.99 Å². The van der Waals surface area contributed by atoms with E-state index in [1.165, 1.54) is 23.1 Å². The van der Waals surface area contributed by atoms with Crippen LogP contribution in [-0.2, 0) is 27.6 Å². The molecule has 2 fully saturated rings. The maximum atomic E-state index is 12.4. The quantitative estimate of drug-likeness (QED) is 0.781. The minimum Gasteiger partial charge on any atom is -0.342 e. The second-order valence-corrected chi connectivity index (χ2v) is 10.9. The number of carbonyl (C=O) groups excluding carboxylic acids is 1. The van der Waals surface area contributed by atoms with Crippen molar-refractivity contribution in [3.05, 3.63) is 58.3 Å². The number of carbonyl (C=O) groups is 1. The lowest BCUT2D eigenvalue weighted by Gasteiger charge is -2.24. The zero-order chi connectivity index (χ0) is 18.1. The van der Waals surface area contributed by atoms with Gasteiger partial charge in [-0.1, -0.05) is 48.2 Å². The average Bonchev–Trinajstić information content (AvgIpc) is 3.26. The van der Waals surface area contributed by atoms with Crippen LogP contribution in [0.25, 0.3) is 0 Å². The topological polar surface area (TPSA) is 66.8 Å². The molecule has 2 aromatic rings. The van der Waals surface area contributed by atoms with Crippen molar-refractivity contribution in [1.29, 1.82) is 0 Å². The number of amidine groups is 1. The molecule has 0 radical (unpaired) electrons. The molecule has 2 atom stereocenters. The highest BCUT2D eigenvalue weighted by Crippen LogP contribution is 2.39. The molecular weight excluding hydrogens is 388 g/mol. The van der Waals surface area contributed by atoms with E-state index in [9.17, 15) is 13.2 Å². The van der Waals surface area contributed by atoms with Crippen molar-refractivity contribution in [2.24, 2.45) is 4.99 Å². The van der Waals surface area contributed by atoms with Crippen molar-refractivity contribution in [3.8, 4) is 0 Å².